The Morgan fingerprint density at radius 3 is 2.75 bits per heavy atom. The van der Waals surface area contributed by atoms with Gasteiger partial charge in [0.15, 0.2) is 6.04 Å². The highest BCUT2D eigenvalue weighted by atomic mass is 79.9. The molecule has 2 heterocycles. The molecule has 0 fully saturated rings. The van der Waals surface area contributed by atoms with E-state index < -0.39 is 6.04 Å². The van der Waals surface area contributed by atoms with Crippen LogP contribution in [0, 0.1) is 0 Å². The van der Waals surface area contributed by atoms with E-state index in [1.807, 2.05) is 29.6 Å². The van der Waals surface area contributed by atoms with Crippen LogP contribution in [0.5, 0.6) is 5.75 Å². The van der Waals surface area contributed by atoms with E-state index in [-0.39, 0.29) is 11.7 Å². The number of aromatic nitrogens is 1. The SMILES string of the molecule is CC1=NN(c2nc(-c3ccc(Br)cc3)cs2)C(=O)[C@H]1N=Nc1cccc(O)c1. The van der Waals surface area contributed by atoms with Crippen molar-refractivity contribution in [1.29, 1.82) is 0 Å². The summed E-state index contributed by atoms with van der Waals surface area (Å²) in [5, 5.41) is 25.6. The van der Waals surface area contributed by atoms with Crippen LogP contribution < -0.4 is 5.01 Å². The minimum absolute atomic E-state index is 0.0875. The number of aromatic hydroxyl groups is 1. The number of nitrogens with zero attached hydrogens (tertiary/aromatic N) is 5. The first-order chi connectivity index (χ1) is 13.5. The van der Waals surface area contributed by atoms with Gasteiger partial charge in [0.1, 0.15) is 5.75 Å². The first-order valence-electron chi connectivity index (χ1n) is 8.32. The van der Waals surface area contributed by atoms with Crippen LogP contribution in [0.4, 0.5) is 10.8 Å². The van der Waals surface area contributed by atoms with Crippen LogP contribution in [0.25, 0.3) is 11.3 Å². The maximum Gasteiger partial charge on any atom is 0.282 e. The van der Waals surface area contributed by atoms with Gasteiger partial charge in [-0.15, -0.1) is 11.3 Å². The minimum atomic E-state index is -0.803. The van der Waals surface area contributed by atoms with Crippen molar-refractivity contribution in [3.8, 4) is 17.0 Å². The van der Waals surface area contributed by atoms with Crippen molar-refractivity contribution in [2.24, 2.45) is 15.3 Å². The lowest BCUT2D eigenvalue weighted by Crippen LogP contribution is -2.29. The van der Waals surface area contributed by atoms with Gasteiger partial charge >= 0.3 is 0 Å². The number of benzene rings is 2. The Labute approximate surface area is 173 Å². The molecule has 0 radical (unpaired) electrons. The number of carbonyl (C=O) groups excluding carboxylic acids is 1. The van der Waals surface area contributed by atoms with Gasteiger partial charge in [-0.05, 0) is 31.2 Å². The van der Waals surface area contributed by atoms with Gasteiger partial charge in [-0.2, -0.15) is 20.3 Å². The van der Waals surface area contributed by atoms with Crippen molar-refractivity contribution in [2.75, 3.05) is 5.01 Å². The number of hydrogen-bond acceptors (Lipinski definition) is 7. The largest absolute Gasteiger partial charge is 0.508 e. The van der Waals surface area contributed by atoms with Gasteiger partial charge in [-0.25, -0.2) is 4.98 Å². The Morgan fingerprint density at radius 2 is 2.00 bits per heavy atom. The Bertz CT molecular complexity index is 1090. The molecule has 9 heteroatoms. The average Bonchev–Trinajstić information content (AvgIpc) is 3.26. The van der Waals surface area contributed by atoms with Gasteiger partial charge in [0.25, 0.3) is 5.91 Å². The smallest absolute Gasteiger partial charge is 0.282 e. The summed E-state index contributed by atoms with van der Waals surface area (Å²) in [6, 6.07) is 13.3. The van der Waals surface area contributed by atoms with Crippen molar-refractivity contribution in [3.05, 3.63) is 58.4 Å². The second-order valence-electron chi connectivity index (χ2n) is 6.05. The molecule has 1 aromatic heterocycles. The third-order valence-corrected chi connectivity index (χ3v) is 5.37. The Hall–Kier alpha value is -2.91. The molecule has 1 atom stereocenters. The normalized spacial score (nSPS) is 16.8. The molecule has 0 bridgehead atoms. The average molecular weight is 456 g/mol. The molecule has 1 aliphatic rings. The van der Waals surface area contributed by atoms with E-state index in [0.29, 0.717) is 16.5 Å². The number of anilines is 1. The van der Waals surface area contributed by atoms with Crippen LogP contribution in [-0.2, 0) is 4.79 Å². The molecule has 3 aromatic rings. The fourth-order valence-electron chi connectivity index (χ4n) is 2.62. The summed E-state index contributed by atoms with van der Waals surface area (Å²) in [5.74, 6) is -0.220. The molecule has 28 heavy (non-hydrogen) atoms. The van der Waals surface area contributed by atoms with Crippen molar-refractivity contribution in [1.82, 2.24) is 4.98 Å². The van der Waals surface area contributed by atoms with E-state index in [9.17, 15) is 9.90 Å². The Balaban J connectivity index is 1.54. The van der Waals surface area contributed by atoms with E-state index in [1.54, 1.807) is 25.1 Å². The van der Waals surface area contributed by atoms with Gasteiger partial charge in [0.05, 0.1) is 17.1 Å². The molecule has 2 aromatic carbocycles. The molecule has 0 unspecified atom stereocenters. The topological polar surface area (TPSA) is 90.5 Å². The van der Waals surface area contributed by atoms with Gasteiger partial charge in [-0.1, -0.05) is 34.1 Å². The summed E-state index contributed by atoms with van der Waals surface area (Å²) in [4.78, 5) is 17.3. The zero-order chi connectivity index (χ0) is 19.7. The quantitative estimate of drug-likeness (QED) is 0.551. The predicted molar refractivity (Wildman–Crippen MR) is 112 cm³/mol. The number of thiazole rings is 1. The van der Waals surface area contributed by atoms with Gasteiger partial charge < -0.3 is 5.11 Å². The number of hydrogen-bond donors (Lipinski definition) is 1. The lowest BCUT2D eigenvalue weighted by molar-refractivity contribution is -0.117. The van der Waals surface area contributed by atoms with Crippen LogP contribution >= 0.6 is 27.3 Å². The summed E-state index contributed by atoms with van der Waals surface area (Å²) in [6.45, 7) is 1.73. The fourth-order valence-corrected chi connectivity index (χ4v) is 3.67. The van der Waals surface area contributed by atoms with Crippen molar-refractivity contribution >= 4 is 49.7 Å². The van der Waals surface area contributed by atoms with Crippen LogP contribution in [-0.4, -0.2) is 27.8 Å². The number of rotatable bonds is 4. The van der Waals surface area contributed by atoms with Crippen molar-refractivity contribution < 1.29 is 9.90 Å². The van der Waals surface area contributed by atoms with Crippen molar-refractivity contribution in [2.45, 2.75) is 13.0 Å². The standard InChI is InChI=1S/C19H14BrN5O2S/c1-11-17(23-22-14-3-2-4-15(26)9-14)18(27)25(24-11)19-21-16(10-28-19)12-5-7-13(20)8-6-12/h2-10,17,26H,1H3/t17-/m0/s1. The summed E-state index contributed by atoms with van der Waals surface area (Å²) in [5.41, 5.74) is 2.73. The lowest BCUT2D eigenvalue weighted by Gasteiger charge is -2.08. The zero-order valence-corrected chi connectivity index (χ0v) is 17.1. The summed E-state index contributed by atoms with van der Waals surface area (Å²) < 4.78 is 0.988. The Morgan fingerprint density at radius 1 is 1.21 bits per heavy atom. The number of azo groups is 1. The van der Waals surface area contributed by atoms with E-state index in [0.717, 1.165) is 15.7 Å². The third-order valence-electron chi connectivity index (χ3n) is 4.03. The predicted octanol–water partition coefficient (Wildman–Crippen LogP) is 5.15. The highest BCUT2D eigenvalue weighted by Crippen LogP contribution is 2.31. The highest BCUT2D eigenvalue weighted by Gasteiger charge is 2.36. The van der Waals surface area contributed by atoms with E-state index in [4.69, 9.17) is 0 Å². The molecular formula is C19H14BrN5O2S. The molecule has 0 spiro atoms. The van der Waals surface area contributed by atoms with Crippen LogP contribution in [0.2, 0.25) is 0 Å². The maximum atomic E-state index is 12.8. The molecule has 140 valence electrons. The first kappa shape index (κ1) is 18.5. The second-order valence-corrected chi connectivity index (χ2v) is 7.80. The summed E-state index contributed by atoms with van der Waals surface area (Å²) in [7, 11) is 0. The lowest BCUT2D eigenvalue weighted by atomic mass is 10.2. The van der Waals surface area contributed by atoms with E-state index in [1.165, 1.54) is 22.4 Å². The Kier molecular flexibility index (Phi) is 5.01. The fraction of sp³-hybridized carbons (Fsp3) is 0.105. The third kappa shape index (κ3) is 3.71. The van der Waals surface area contributed by atoms with Crippen LogP contribution in [0.3, 0.4) is 0 Å². The molecule has 7 nitrogen and oxygen atoms in total. The maximum absolute atomic E-state index is 12.8. The van der Waals surface area contributed by atoms with Gasteiger partial charge in [-0.3, -0.25) is 4.79 Å². The molecule has 1 amide bonds. The minimum Gasteiger partial charge on any atom is -0.508 e. The molecule has 0 aliphatic carbocycles. The molecule has 1 N–H and O–H groups in total. The highest BCUT2D eigenvalue weighted by molar-refractivity contribution is 9.10. The van der Waals surface area contributed by atoms with Crippen molar-refractivity contribution in [3.63, 3.8) is 0 Å². The van der Waals surface area contributed by atoms with E-state index >= 15 is 0 Å². The second kappa shape index (κ2) is 7.61. The summed E-state index contributed by atoms with van der Waals surface area (Å²) in [6.07, 6.45) is 0. The number of phenols is 1. The monoisotopic (exact) mass is 455 g/mol. The first-order valence-corrected chi connectivity index (χ1v) is 9.99. The van der Waals surface area contributed by atoms with E-state index in [2.05, 4.69) is 36.2 Å². The van der Waals surface area contributed by atoms with Crippen LogP contribution in [0.1, 0.15) is 6.92 Å². The summed E-state index contributed by atoms with van der Waals surface area (Å²) >= 11 is 4.75. The molecule has 1 aliphatic heterocycles. The molecule has 4 rings (SSSR count). The number of hydrazone groups is 1. The molecule has 0 saturated carbocycles. The number of halogens is 1. The van der Waals surface area contributed by atoms with Gasteiger partial charge in [0, 0.05) is 21.5 Å². The molecule has 0 saturated heterocycles. The zero-order valence-electron chi connectivity index (χ0n) is 14.7. The number of carbonyl (C=O) groups is 1. The number of amides is 1. The molecular weight excluding hydrogens is 442 g/mol. The van der Waals surface area contributed by atoms with Crippen LogP contribution in [0.15, 0.2) is 73.7 Å². The van der Waals surface area contributed by atoms with Gasteiger partial charge in [0.2, 0.25) is 5.13 Å². The number of phenolic OH excluding ortho intramolecular Hbond substituents is 1.